The summed E-state index contributed by atoms with van der Waals surface area (Å²) < 4.78 is 40.8. The van der Waals surface area contributed by atoms with Gasteiger partial charge in [-0.2, -0.15) is 18.3 Å². The molecule has 0 saturated carbocycles. The van der Waals surface area contributed by atoms with E-state index in [9.17, 15) is 18.0 Å². The van der Waals surface area contributed by atoms with E-state index in [0.29, 0.717) is 0 Å². The molecule has 0 bridgehead atoms. The van der Waals surface area contributed by atoms with E-state index in [1.54, 1.807) is 0 Å². The van der Waals surface area contributed by atoms with Crippen LogP contribution in [0, 0.1) is 13.8 Å². The second-order valence-corrected chi connectivity index (χ2v) is 6.41. The molecular formula is C15H13F3N4OS. The first kappa shape index (κ1) is 16.4. The molecule has 3 aromatic rings. The van der Waals surface area contributed by atoms with Gasteiger partial charge in [0.15, 0.2) is 10.8 Å². The average Bonchev–Trinajstić information content (AvgIpc) is 3.07. The average molecular weight is 354 g/mol. The number of carbonyl (C=O) groups is 1. The summed E-state index contributed by atoms with van der Waals surface area (Å²) in [6, 6.07) is 3.84. The van der Waals surface area contributed by atoms with Crippen molar-refractivity contribution in [1.82, 2.24) is 14.8 Å². The molecule has 0 aliphatic rings. The first-order valence-corrected chi connectivity index (χ1v) is 7.77. The number of carbonyl (C=O) groups excluding carboxylic acids is 1. The van der Waals surface area contributed by atoms with Crippen molar-refractivity contribution in [2.75, 3.05) is 5.32 Å². The normalized spacial score (nSPS) is 11.9. The molecule has 2 heterocycles. The zero-order valence-corrected chi connectivity index (χ0v) is 13.8. The molecular weight excluding hydrogens is 341 g/mol. The van der Waals surface area contributed by atoms with Gasteiger partial charge in [0, 0.05) is 13.2 Å². The van der Waals surface area contributed by atoms with Gasteiger partial charge in [0.1, 0.15) is 0 Å². The van der Waals surface area contributed by atoms with Crippen molar-refractivity contribution >= 4 is 32.6 Å². The lowest BCUT2D eigenvalue weighted by Gasteiger charge is -2.05. The molecule has 2 aromatic heterocycles. The zero-order chi connectivity index (χ0) is 17.6. The summed E-state index contributed by atoms with van der Waals surface area (Å²) in [5, 5.41) is 6.03. The fourth-order valence-electron chi connectivity index (χ4n) is 2.34. The van der Waals surface area contributed by atoms with E-state index in [2.05, 4.69) is 15.4 Å². The Morgan fingerprint density at radius 3 is 2.54 bits per heavy atom. The van der Waals surface area contributed by atoms with Crippen molar-refractivity contribution in [2.45, 2.75) is 20.0 Å². The second kappa shape index (κ2) is 5.59. The predicted molar refractivity (Wildman–Crippen MR) is 85.3 cm³/mol. The van der Waals surface area contributed by atoms with E-state index in [-0.39, 0.29) is 5.13 Å². The number of thiazole rings is 1. The molecule has 0 saturated heterocycles. The number of fused-ring (bicyclic) bond motifs is 1. The Kier molecular flexibility index (Phi) is 3.83. The predicted octanol–water partition coefficient (Wildman–Crippen LogP) is 3.92. The third kappa shape index (κ3) is 2.86. The van der Waals surface area contributed by atoms with Gasteiger partial charge in [-0.15, -0.1) is 0 Å². The molecule has 1 aromatic carbocycles. The SMILES string of the molecule is Cc1ccc(C)c2sc(NC(=O)c3cn(C)nc3C(F)(F)F)nc12. The van der Waals surface area contributed by atoms with Gasteiger partial charge in [-0.05, 0) is 25.0 Å². The highest BCUT2D eigenvalue weighted by molar-refractivity contribution is 7.22. The second-order valence-electron chi connectivity index (χ2n) is 5.41. The molecule has 0 aliphatic heterocycles. The molecule has 0 unspecified atom stereocenters. The molecule has 24 heavy (non-hydrogen) atoms. The smallest absolute Gasteiger partial charge is 0.298 e. The van der Waals surface area contributed by atoms with Crippen molar-refractivity contribution in [3.05, 3.63) is 40.7 Å². The molecule has 5 nitrogen and oxygen atoms in total. The summed E-state index contributed by atoms with van der Waals surface area (Å²) in [6.07, 6.45) is -3.66. The van der Waals surface area contributed by atoms with E-state index in [1.165, 1.54) is 18.4 Å². The summed E-state index contributed by atoms with van der Waals surface area (Å²) in [7, 11) is 1.33. The number of halogens is 3. The van der Waals surface area contributed by atoms with Gasteiger partial charge in [0.05, 0.1) is 15.8 Å². The van der Waals surface area contributed by atoms with Gasteiger partial charge in [-0.25, -0.2) is 4.98 Å². The zero-order valence-electron chi connectivity index (χ0n) is 13.0. The number of aromatic nitrogens is 3. The van der Waals surface area contributed by atoms with E-state index in [4.69, 9.17) is 0 Å². The lowest BCUT2D eigenvalue weighted by Crippen LogP contribution is -2.17. The number of anilines is 1. The van der Waals surface area contributed by atoms with Crippen LogP contribution in [0.4, 0.5) is 18.3 Å². The Morgan fingerprint density at radius 1 is 1.25 bits per heavy atom. The molecule has 0 aliphatic carbocycles. The van der Waals surface area contributed by atoms with Gasteiger partial charge in [-0.3, -0.25) is 14.8 Å². The molecule has 0 fully saturated rings. The third-order valence-electron chi connectivity index (χ3n) is 3.50. The largest absolute Gasteiger partial charge is 0.435 e. The summed E-state index contributed by atoms with van der Waals surface area (Å²) in [5.74, 6) is -0.884. The minimum Gasteiger partial charge on any atom is -0.298 e. The number of amides is 1. The lowest BCUT2D eigenvalue weighted by molar-refractivity contribution is -0.141. The van der Waals surface area contributed by atoms with Crippen LogP contribution in [0.5, 0.6) is 0 Å². The standard InChI is InChI=1S/C15H13F3N4OS/c1-7-4-5-8(2)11-10(7)19-14(24-11)20-13(23)9-6-22(3)21-12(9)15(16,17)18/h4-6H,1-3H3,(H,19,20,23). The first-order chi connectivity index (χ1) is 11.2. The Balaban J connectivity index is 1.97. The van der Waals surface area contributed by atoms with Crippen LogP contribution in [-0.4, -0.2) is 20.7 Å². The Bertz CT molecular complexity index is 903. The van der Waals surface area contributed by atoms with Crippen LogP contribution in [0.15, 0.2) is 18.3 Å². The van der Waals surface area contributed by atoms with Gasteiger partial charge in [0.25, 0.3) is 5.91 Å². The van der Waals surface area contributed by atoms with Crippen molar-refractivity contribution in [1.29, 1.82) is 0 Å². The van der Waals surface area contributed by atoms with Crippen molar-refractivity contribution in [3.63, 3.8) is 0 Å². The van der Waals surface area contributed by atoms with Crippen LogP contribution >= 0.6 is 11.3 Å². The number of hydrogen-bond donors (Lipinski definition) is 1. The van der Waals surface area contributed by atoms with Crippen LogP contribution in [0.1, 0.15) is 27.2 Å². The van der Waals surface area contributed by atoms with Crippen molar-refractivity contribution < 1.29 is 18.0 Å². The van der Waals surface area contributed by atoms with Gasteiger partial charge in [-0.1, -0.05) is 23.5 Å². The fraction of sp³-hybridized carbons (Fsp3) is 0.267. The van der Waals surface area contributed by atoms with Crippen molar-refractivity contribution in [2.24, 2.45) is 7.05 Å². The first-order valence-electron chi connectivity index (χ1n) is 6.95. The molecule has 0 radical (unpaired) electrons. The topological polar surface area (TPSA) is 59.8 Å². The van der Waals surface area contributed by atoms with Crippen LogP contribution in [0.3, 0.4) is 0 Å². The maximum Gasteiger partial charge on any atom is 0.435 e. The van der Waals surface area contributed by atoms with Crippen molar-refractivity contribution in [3.8, 4) is 0 Å². The van der Waals surface area contributed by atoms with Crippen LogP contribution in [-0.2, 0) is 13.2 Å². The summed E-state index contributed by atoms with van der Waals surface area (Å²) in [6.45, 7) is 3.80. The Hall–Kier alpha value is -2.42. The minimum absolute atomic E-state index is 0.254. The molecule has 3 rings (SSSR count). The highest BCUT2D eigenvalue weighted by Gasteiger charge is 2.39. The van der Waals surface area contributed by atoms with Gasteiger partial charge in [0.2, 0.25) is 0 Å². The number of nitrogens with one attached hydrogen (secondary N) is 1. The van der Waals surface area contributed by atoms with E-state index in [0.717, 1.165) is 32.2 Å². The molecule has 0 atom stereocenters. The minimum atomic E-state index is -4.70. The number of aryl methyl sites for hydroxylation is 3. The molecule has 126 valence electrons. The van der Waals surface area contributed by atoms with Crippen LogP contribution < -0.4 is 5.32 Å². The van der Waals surface area contributed by atoms with Crippen LogP contribution in [0.2, 0.25) is 0 Å². The lowest BCUT2D eigenvalue weighted by atomic mass is 10.1. The van der Waals surface area contributed by atoms with Gasteiger partial charge >= 0.3 is 6.18 Å². The van der Waals surface area contributed by atoms with Crippen LogP contribution in [0.25, 0.3) is 10.2 Å². The van der Waals surface area contributed by atoms with E-state index in [1.807, 2.05) is 26.0 Å². The monoisotopic (exact) mass is 354 g/mol. The Labute approximate surface area is 139 Å². The van der Waals surface area contributed by atoms with E-state index < -0.39 is 23.3 Å². The molecule has 1 N–H and O–H groups in total. The third-order valence-corrected chi connectivity index (χ3v) is 4.61. The molecule has 1 amide bonds. The summed E-state index contributed by atoms with van der Waals surface area (Å²) in [5.41, 5.74) is 0.918. The summed E-state index contributed by atoms with van der Waals surface area (Å²) in [4.78, 5) is 16.6. The number of hydrogen-bond acceptors (Lipinski definition) is 4. The maximum absolute atomic E-state index is 13.0. The highest BCUT2D eigenvalue weighted by atomic mass is 32.1. The van der Waals surface area contributed by atoms with E-state index >= 15 is 0 Å². The Morgan fingerprint density at radius 2 is 1.92 bits per heavy atom. The molecule has 9 heteroatoms. The summed E-state index contributed by atoms with van der Waals surface area (Å²) >= 11 is 1.23. The molecule has 0 spiro atoms. The fourth-order valence-corrected chi connectivity index (χ4v) is 3.35. The quantitative estimate of drug-likeness (QED) is 0.759. The highest BCUT2D eigenvalue weighted by Crippen LogP contribution is 2.33. The maximum atomic E-state index is 13.0. The van der Waals surface area contributed by atoms with Gasteiger partial charge < -0.3 is 0 Å². The number of nitrogens with zero attached hydrogens (tertiary/aromatic N) is 3. The number of alkyl halides is 3. The number of benzene rings is 1. The number of rotatable bonds is 2.